The van der Waals surface area contributed by atoms with E-state index in [4.69, 9.17) is 0 Å². The highest BCUT2D eigenvalue weighted by Crippen LogP contribution is 2.25. The van der Waals surface area contributed by atoms with Crippen molar-refractivity contribution in [2.75, 3.05) is 13.1 Å². The third-order valence-electron chi connectivity index (χ3n) is 5.17. The van der Waals surface area contributed by atoms with Gasteiger partial charge in [0.1, 0.15) is 0 Å². The van der Waals surface area contributed by atoms with Gasteiger partial charge in [-0.15, -0.1) is 0 Å². The molecule has 0 radical (unpaired) electrons. The van der Waals surface area contributed by atoms with Crippen LogP contribution in [-0.2, 0) is 21.4 Å². The van der Waals surface area contributed by atoms with Crippen molar-refractivity contribution >= 4 is 15.9 Å². The first-order valence-electron chi connectivity index (χ1n) is 9.33. The summed E-state index contributed by atoms with van der Waals surface area (Å²) in [5.41, 5.74) is 2.28. The number of carbonyl (C=O) groups excluding carboxylic acids is 1. The van der Waals surface area contributed by atoms with Gasteiger partial charge in [-0.25, -0.2) is 8.42 Å². The van der Waals surface area contributed by atoms with Gasteiger partial charge in [-0.05, 0) is 48.9 Å². The van der Waals surface area contributed by atoms with Crippen molar-refractivity contribution in [3.8, 4) is 0 Å². The van der Waals surface area contributed by atoms with Crippen LogP contribution in [0.25, 0.3) is 0 Å². The van der Waals surface area contributed by atoms with Gasteiger partial charge in [-0.1, -0.05) is 42.5 Å². The summed E-state index contributed by atoms with van der Waals surface area (Å²) in [6.07, 6.45) is 1.87. The van der Waals surface area contributed by atoms with E-state index in [1.165, 1.54) is 4.31 Å². The van der Waals surface area contributed by atoms with Crippen LogP contribution in [-0.4, -0.2) is 31.7 Å². The zero-order valence-corrected chi connectivity index (χ0v) is 16.4. The van der Waals surface area contributed by atoms with Crippen molar-refractivity contribution in [3.63, 3.8) is 0 Å². The Hall–Kier alpha value is -2.18. The van der Waals surface area contributed by atoms with Gasteiger partial charge in [0, 0.05) is 26.1 Å². The molecule has 2 aromatic rings. The summed E-state index contributed by atoms with van der Waals surface area (Å²) in [5, 5.41) is 2.98. The highest BCUT2D eigenvalue weighted by atomic mass is 32.2. The lowest BCUT2D eigenvalue weighted by molar-refractivity contribution is -0.122. The quantitative estimate of drug-likeness (QED) is 0.830. The monoisotopic (exact) mass is 386 g/mol. The summed E-state index contributed by atoms with van der Waals surface area (Å²) in [6.45, 7) is 3.50. The van der Waals surface area contributed by atoms with Crippen LogP contribution in [0.3, 0.4) is 0 Å². The second kappa shape index (κ2) is 8.67. The zero-order chi connectivity index (χ0) is 19.3. The van der Waals surface area contributed by atoms with E-state index in [9.17, 15) is 13.2 Å². The summed E-state index contributed by atoms with van der Waals surface area (Å²) >= 11 is 0. The highest BCUT2D eigenvalue weighted by molar-refractivity contribution is 7.89. The largest absolute Gasteiger partial charge is 0.352 e. The molecular weight excluding hydrogens is 360 g/mol. The first-order chi connectivity index (χ1) is 13.0. The molecular formula is C21H26N2O3S. The van der Waals surface area contributed by atoms with Crippen molar-refractivity contribution in [2.24, 2.45) is 5.92 Å². The number of sulfonamides is 1. The minimum absolute atomic E-state index is 0.0302. The Bertz CT molecular complexity index is 873. The Labute approximate surface area is 161 Å². The number of nitrogens with one attached hydrogen (secondary N) is 1. The lowest BCUT2D eigenvalue weighted by atomic mass is 9.94. The number of benzene rings is 2. The van der Waals surface area contributed by atoms with E-state index in [0.717, 1.165) is 11.1 Å². The van der Waals surface area contributed by atoms with Gasteiger partial charge in [0.05, 0.1) is 4.90 Å². The van der Waals surface area contributed by atoms with E-state index < -0.39 is 10.0 Å². The predicted octanol–water partition coefficient (Wildman–Crippen LogP) is 3.10. The fourth-order valence-electron chi connectivity index (χ4n) is 3.43. The molecule has 1 saturated heterocycles. The Morgan fingerprint density at radius 3 is 2.33 bits per heavy atom. The van der Waals surface area contributed by atoms with Crippen LogP contribution >= 0.6 is 0 Å². The third kappa shape index (κ3) is 4.96. The molecule has 27 heavy (non-hydrogen) atoms. The van der Waals surface area contributed by atoms with E-state index in [1.807, 2.05) is 31.2 Å². The van der Waals surface area contributed by atoms with Crippen molar-refractivity contribution in [1.29, 1.82) is 0 Å². The molecule has 0 unspecified atom stereocenters. The number of rotatable bonds is 6. The molecule has 3 rings (SSSR count). The second-order valence-corrected chi connectivity index (χ2v) is 9.01. The van der Waals surface area contributed by atoms with E-state index in [-0.39, 0.29) is 11.8 Å². The molecule has 6 heteroatoms. The SMILES string of the molecule is Cc1ccccc1CNC(=O)CC1CCN(S(=O)(=O)c2ccccc2)CC1. The van der Waals surface area contributed by atoms with Crippen LogP contribution in [0.2, 0.25) is 0 Å². The van der Waals surface area contributed by atoms with E-state index in [0.29, 0.717) is 43.8 Å². The average Bonchev–Trinajstić information content (AvgIpc) is 2.68. The summed E-state index contributed by atoms with van der Waals surface area (Å²) in [6, 6.07) is 16.5. The summed E-state index contributed by atoms with van der Waals surface area (Å²) in [4.78, 5) is 12.6. The molecule has 2 aromatic carbocycles. The number of aryl methyl sites for hydroxylation is 1. The lowest BCUT2D eigenvalue weighted by Gasteiger charge is -2.31. The van der Waals surface area contributed by atoms with E-state index in [2.05, 4.69) is 5.32 Å². The molecule has 0 bridgehead atoms. The van der Waals surface area contributed by atoms with Gasteiger partial charge < -0.3 is 5.32 Å². The van der Waals surface area contributed by atoms with Crippen LogP contribution in [0.5, 0.6) is 0 Å². The maximum atomic E-state index is 12.7. The van der Waals surface area contributed by atoms with Crippen molar-refractivity contribution in [3.05, 3.63) is 65.7 Å². The molecule has 1 N–H and O–H groups in total. The number of amides is 1. The second-order valence-electron chi connectivity index (χ2n) is 7.07. The van der Waals surface area contributed by atoms with Crippen molar-refractivity contribution < 1.29 is 13.2 Å². The molecule has 0 aliphatic carbocycles. The van der Waals surface area contributed by atoms with Gasteiger partial charge in [0.15, 0.2) is 0 Å². The average molecular weight is 387 g/mol. The van der Waals surface area contributed by atoms with E-state index in [1.54, 1.807) is 30.3 Å². The fraction of sp³-hybridized carbons (Fsp3) is 0.381. The van der Waals surface area contributed by atoms with Gasteiger partial charge in [0.25, 0.3) is 0 Å². The molecule has 0 saturated carbocycles. The number of hydrogen-bond donors (Lipinski definition) is 1. The number of nitrogens with zero attached hydrogens (tertiary/aromatic N) is 1. The Kier molecular flexibility index (Phi) is 6.29. The molecule has 1 aliphatic heterocycles. The third-order valence-corrected chi connectivity index (χ3v) is 7.08. The Morgan fingerprint density at radius 2 is 1.67 bits per heavy atom. The molecule has 1 amide bonds. The van der Waals surface area contributed by atoms with Gasteiger partial charge in [0.2, 0.25) is 15.9 Å². The summed E-state index contributed by atoms with van der Waals surface area (Å²) < 4.78 is 26.8. The number of hydrogen-bond acceptors (Lipinski definition) is 3. The van der Waals surface area contributed by atoms with Crippen molar-refractivity contribution in [1.82, 2.24) is 9.62 Å². The van der Waals surface area contributed by atoms with Gasteiger partial charge in [-0.3, -0.25) is 4.79 Å². The lowest BCUT2D eigenvalue weighted by Crippen LogP contribution is -2.39. The predicted molar refractivity (Wildman–Crippen MR) is 106 cm³/mol. The van der Waals surface area contributed by atoms with Gasteiger partial charge in [-0.2, -0.15) is 4.31 Å². The van der Waals surface area contributed by atoms with Crippen molar-refractivity contribution in [2.45, 2.75) is 37.6 Å². The molecule has 0 atom stereocenters. The summed E-state index contributed by atoms with van der Waals surface area (Å²) in [7, 11) is -3.43. The minimum atomic E-state index is -3.43. The van der Waals surface area contributed by atoms with Crippen LogP contribution in [0.4, 0.5) is 0 Å². The molecule has 1 aliphatic rings. The van der Waals surface area contributed by atoms with Crippen LogP contribution in [0, 0.1) is 12.8 Å². The Balaban J connectivity index is 1.48. The first-order valence-corrected chi connectivity index (χ1v) is 10.8. The first kappa shape index (κ1) is 19.6. The van der Waals surface area contributed by atoms with Crippen LogP contribution in [0.15, 0.2) is 59.5 Å². The molecule has 144 valence electrons. The molecule has 1 fully saturated rings. The zero-order valence-electron chi connectivity index (χ0n) is 15.6. The fourth-order valence-corrected chi connectivity index (χ4v) is 4.92. The Morgan fingerprint density at radius 1 is 1.04 bits per heavy atom. The van der Waals surface area contributed by atoms with Crippen LogP contribution in [0.1, 0.15) is 30.4 Å². The topological polar surface area (TPSA) is 66.5 Å². The number of carbonyl (C=O) groups is 1. The van der Waals surface area contributed by atoms with Gasteiger partial charge >= 0.3 is 0 Å². The maximum Gasteiger partial charge on any atom is 0.243 e. The van der Waals surface area contributed by atoms with Crippen LogP contribution < -0.4 is 5.32 Å². The summed E-state index contributed by atoms with van der Waals surface area (Å²) in [5.74, 6) is 0.256. The molecule has 0 aromatic heterocycles. The maximum absolute atomic E-state index is 12.7. The molecule has 0 spiro atoms. The van der Waals surface area contributed by atoms with E-state index >= 15 is 0 Å². The standard InChI is InChI=1S/C21H26N2O3S/c1-17-7-5-6-8-19(17)16-22-21(24)15-18-11-13-23(14-12-18)27(25,26)20-9-3-2-4-10-20/h2-10,18H,11-16H2,1H3,(H,22,24). The highest BCUT2D eigenvalue weighted by Gasteiger charge is 2.29. The normalized spacial score (nSPS) is 16.2. The number of piperidine rings is 1. The minimum Gasteiger partial charge on any atom is -0.352 e. The molecule has 5 nitrogen and oxygen atoms in total. The smallest absolute Gasteiger partial charge is 0.243 e. The molecule has 1 heterocycles.